The molecule has 2 aromatic carbocycles. The third kappa shape index (κ3) is 5.92. The molecule has 0 radical (unpaired) electrons. The van der Waals surface area contributed by atoms with Crippen molar-refractivity contribution in [2.24, 2.45) is 0 Å². The Morgan fingerprint density at radius 3 is 2.43 bits per heavy atom. The molecule has 0 aliphatic rings. The number of rotatable bonds is 8. The van der Waals surface area contributed by atoms with Gasteiger partial charge in [-0.2, -0.15) is 0 Å². The molecule has 1 N–H and O–H groups in total. The van der Waals surface area contributed by atoms with E-state index in [1.54, 1.807) is 24.3 Å². The van der Waals surface area contributed by atoms with Crippen LogP contribution >= 0.6 is 0 Å². The Hall–Kier alpha value is -2.67. The van der Waals surface area contributed by atoms with Crippen molar-refractivity contribution in [1.82, 2.24) is 0 Å². The topological polar surface area (TPSA) is 89.5 Å². The molecule has 7 heteroatoms. The van der Waals surface area contributed by atoms with Crippen molar-refractivity contribution in [3.05, 3.63) is 59.2 Å². The standard InChI is InChI=1S/C21H25NO5S/c1-4-17-7-5-6-8-19(17)22-20(23)14-27-21(24)11-12-28(25,26)18-10-9-15(2)16(3)13-18/h5-10,13H,4,11-12,14H2,1-3H3,(H,22,23). The van der Waals surface area contributed by atoms with Crippen LogP contribution in [0.1, 0.15) is 30.0 Å². The summed E-state index contributed by atoms with van der Waals surface area (Å²) in [6, 6.07) is 12.2. The van der Waals surface area contributed by atoms with Gasteiger partial charge in [-0.25, -0.2) is 8.42 Å². The number of hydrogen-bond acceptors (Lipinski definition) is 5. The van der Waals surface area contributed by atoms with Crippen molar-refractivity contribution in [2.75, 3.05) is 17.7 Å². The number of carbonyl (C=O) groups is 2. The number of aryl methyl sites for hydroxylation is 3. The Balaban J connectivity index is 1.85. The second kappa shape index (κ2) is 9.50. The van der Waals surface area contributed by atoms with E-state index in [0.717, 1.165) is 23.1 Å². The number of benzene rings is 2. The van der Waals surface area contributed by atoms with Gasteiger partial charge in [-0.05, 0) is 55.2 Å². The summed E-state index contributed by atoms with van der Waals surface area (Å²) in [7, 11) is -3.59. The van der Waals surface area contributed by atoms with Crippen LogP contribution in [0.3, 0.4) is 0 Å². The number of ether oxygens (including phenoxy) is 1. The SMILES string of the molecule is CCc1ccccc1NC(=O)COC(=O)CCS(=O)(=O)c1ccc(C)c(C)c1. The van der Waals surface area contributed by atoms with Gasteiger partial charge in [0, 0.05) is 5.69 Å². The van der Waals surface area contributed by atoms with Gasteiger partial charge in [0.05, 0.1) is 17.1 Å². The Morgan fingerprint density at radius 2 is 1.75 bits per heavy atom. The van der Waals surface area contributed by atoms with Gasteiger partial charge >= 0.3 is 5.97 Å². The molecule has 0 saturated carbocycles. The lowest BCUT2D eigenvalue weighted by Gasteiger charge is -2.10. The molecule has 0 heterocycles. The van der Waals surface area contributed by atoms with Gasteiger partial charge in [0.2, 0.25) is 0 Å². The van der Waals surface area contributed by atoms with Crippen molar-refractivity contribution in [1.29, 1.82) is 0 Å². The molecule has 0 spiro atoms. The highest BCUT2D eigenvalue weighted by Gasteiger charge is 2.18. The molecule has 1 amide bonds. The van der Waals surface area contributed by atoms with E-state index in [0.29, 0.717) is 5.69 Å². The van der Waals surface area contributed by atoms with Gasteiger partial charge < -0.3 is 10.1 Å². The summed E-state index contributed by atoms with van der Waals surface area (Å²) in [6.45, 7) is 5.24. The summed E-state index contributed by atoms with van der Waals surface area (Å²) in [4.78, 5) is 24.0. The smallest absolute Gasteiger partial charge is 0.307 e. The largest absolute Gasteiger partial charge is 0.456 e. The van der Waals surface area contributed by atoms with Crippen molar-refractivity contribution in [3.63, 3.8) is 0 Å². The first-order chi connectivity index (χ1) is 13.2. The number of amides is 1. The van der Waals surface area contributed by atoms with Crippen LogP contribution in [0.2, 0.25) is 0 Å². The van der Waals surface area contributed by atoms with Gasteiger partial charge in [0.25, 0.3) is 5.91 Å². The summed E-state index contributed by atoms with van der Waals surface area (Å²) >= 11 is 0. The fourth-order valence-corrected chi connectivity index (χ4v) is 3.90. The summed E-state index contributed by atoms with van der Waals surface area (Å²) in [5.74, 6) is -1.56. The van der Waals surface area contributed by atoms with E-state index in [2.05, 4.69) is 5.32 Å². The Bertz CT molecular complexity index is 967. The Labute approximate surface area is 165 Å². The van der Waals surface area contributed by atoms with Gasteiger partial charge in [-0.3, -0.25) is 9.59 Å². The first kappa shape index (κ1) is 21.6. The third-order valence-electron chi connectivity index (χ3n) is 4.45. The van der Waals surface area contributed by atoms with E-state index < -0.39 is 28.3 Å². The van der Waals surface area contributed by atoms with Crippen LogP contribution in [0.25, 0.3) is 0 Å². The van der Waals surface area contributed by atoms with Crippen LogP contribution in [0.4, 0.5) is 5.69 Å². The monoisotopic (exact) mass is 403 g/mol. The van der Waals surface area contributed by atoms with Crippen LogP contribution < -0.4 is 5.32 Å². The second-order valence-electron chi connectivity index (χ2n) is 6.53. The van der Waals surface area contributed by atoms with E-state index in [1.807, 2.05) is 32.9 Å². The lowest BCUT2D eigenvalue weighted by molar-refractivity contribution is -0.146. The molecule has 0 bridgehead atoms. The molecule has 28 heavy (non-hydrogen) atoms. The molecule has 0 aliphatic carbocycles. The zero-order valence-electron chi connectivity index (χ0n) is 16.3. The minimum Gasteiger partial charge on any atom is -0.456 e. The number of para-hydroxylation sites is 1. The normalized spacial score (nSPS) is 11.1. The number of nitrogens with one attached hydrogen (secondary N) is 1. The molecule has 150 valence electrons. The zero-order valence-corrected chi connectivity index (χ0v) is 17.1. The van der Waals surface area contributed by atoms with E-state index in [-0.39, 0.29) is 17.1 Å². The number of sulfone groups is 1. The maximum absolute atomic E-state index is 12.4. The summed E-state index contributed by atoms with van der Waals surface area (Å²) in [5, 5.41) is 2.69. The lowest BCUT2D eigenvalue weighted by atomic mass is 10.1. The Morgan fingerprint density at radius 1 is 1.04 bits per heavy atom. The molecule has 0 fully saturated rings. The van der Waals surface area contributed by atoms with E-state index in [9.17, 15) is 18.0 Å². The van der Waals surface area contributed by atoms with Crippen LogP contribution in [-0.2, 0) is 30.6 Å². The molecule has 0 unspecified atom stereocenters. The lowest BCUT2D eigenvalue weighted by Crippen LogP contribution is -2.22. The van der Waals surface area contributed by atoms with E-state index in [1.165, 1.54) is 6.07 Å². The maximum atomic E-state index is 12.4. The van der Waals surface area contributed by atoms with Crippen LogP contribution in [0.15, 0.2) is 47.4 Å². The quantitative estimate of drug-likeness (QED) is 0.684. The molecular weight excluding hydrogens is 378 g/mol. The third-order valence-corrected chi connectivity index (χ3v) is 6.16. The van der Waals surface area contributed by atoms with Crippen molar-refractivity contribution < 1.29 is 22.7 Å². The molecule has 0 saturated heterocycles. The summed E-state index contributed by atoms with van der Waals surface area (Å²) in [5.41, 5.74) is 3.51. The minimum absolute atomic E-state index is 0.178. The van der Waals surface area contributed by atoms with Crippen molar-refractivity contribution in [3.8, 4) is 0 Å². The molecule has 6 nitrogen and oxygen atoms in total. The Kier molecular flexibility index (Phi) is 7.34. The molecule has 0 aliphatic heterocycles. The highest BCUT2D eigenvalue weighted by molar-refractivity contribution is 7.91. The van der Waals surface area contributed by atoms with Gasteiger partial charge in [-0.1, -0.05) is 31.2 Å². The van der Waals surface area contributed by atoms with E-state index >= 15 is 0 Å². The fraction of sp³-hybridized carbons (Fsp3) is 0.333. The maximum Gasteiger partial charge on any atom is 0.307 e. The number of esters is 1. The van der Waals surface area contributed by atoms with Crippen LogP contribution in [0, 0.1) is 13.8 Å². The number of anilines is 1. The molecule has 2 aromatic rings. The van der Waals surface area contributed by atoms with Gasteiger partial charge in [-0.15, -0.1) is 0 Å². The number of hydrogen-bond donors (Lipinski definition) is 1. The summed E-state index contributed by atoms with van der Waals surface area (Å²) < 4.78 is 29.6. The minimum atomic E-state index is -3.59. The van der Waals surface area contributed by atoms with Crippen LogP contribution in [0.5, 0.6) is 0 Å². The first-order valence-corrected chi connectivity index (χ1v) is 10.7. The van der Waals surface area contributed by atoms with Crippen LogP contribution in [-0.4, -0.2) is 32.7 Å². The average molecular weight is 404 g/mol. The highest BCUT2D eigenvalue weighted by Crippen LogP contribution is 2.17. The molecule has 2 rings (SSSR count). The second-order valence-corrected chi connectivity index (χ2v) is 8.64. The van der Waals surface area contributed by atoms with Gasteiger partial charge in [0.1, 0.15) is 0 Å². The van der Waals surface area contributed by atoms with Crippen molar-refractivity contribution >= 4 is 27.4 Å². The average Bonchev–Trinajstić information content (AvgIpc) is 2.67. The van der Waals surface area contributed by atoms with Crippen molar-refractivity contribution in [2.45, 2.75) is 38.5 Å². The van der Waals surface area contributed by atoms with Gasteiger partial charge in [0.15, 0.2) is 16.4 Å². The number of carbonyl (C=O) groups excluding carboxylic acids is 2. The fourth-order valence-electron chi connectivity index (χ4n) is 2.60. The highest BCUT2D eigenvalue weighted by atomic mass is 32.2. The molecule has 0 aromatic heterocycles. The molecule has 0 atom stereocenters. The predicted molar refractivity (Wildman–Crippen MR) is 108 cm³/mol. The summed E-state index contributed by atoms with van der Waals surface area (Å²) in [6.07, 6.45) is 0.445. The molecular formula is C21H25NO5S. The first-order valence-electron chi connectivity index (χ1n) is 9.06. The zero-order chi connectivity index (χ0) is 20.7. The predicted octanol–water partition coefficient (Wildman–Crippen LogP) is 3.21. The van der Waals surface area contributed by atoms with E-state index in [4.69, 9.17) is 4.74 Å².